The molecule has 5 nitrogen and oxygen atoms in total. The number of thioether (sulfide) groups is 1. The van der Waals surface area contributed by atoms with Gasteiger partial charge in [-0.2, -0.15) is 11.8 Å². The Labute approximate surface area is 137 Å². The highest BCUT2D eigenvalue weighted by atomic mass is 32.2. The maximum absolute atomic E-state index is 11.6. The van der Waals surface area contributed by atoms with Gasteiger partial charge in [0.15, 0.2) is 0 Å². The fourth-order valence-corrected chi connectivity index (χ4v) is 3.83. The molecule has 0 N–H and O–H groups in total. The summed E-state index contributed by atoms with van der Waals surface area (Å²) < 4.78 is 10.1. The maximum Gasteiger partial charge on any atom is 0.306 e. The first kappa shape index (κ1) is 18.8. The summed E-state index contributed by atoms with van der Waals surface area (Å²) >= 11 is 1.82. The molecule has 6 heteroatoms. The molecule has 0 heterocycles. The third kappa shape index (κ3) is 6.68. The van der Waals surface area contributed by atoms with E-state index >= 15 is 0 Å². The first-order valence-electron chi connectivity index (χ1n) is 7.63. The average Bonchev–Trinajstić information content (AvgIpc) is 2.51. The number of ether oxygens (including phenoxy) is 2. The van der Waals surface area contributed by atoms with Crippen LogP contribution in [0, 0.1) is 13.1 Å². The number of carbonyl (C=O) groups is 1. The maximum atomic E-state index is 11.6. The van der Waals surface area contributed by atoms with E-state index in [-0.39, 0.29) is 24.2 Å². The van der Waals surface area contributed by atoms with Crippen LogP contribution < -0.4 is 0 Å². The second-order valence-corrected chi connectivity index (χ2v) is 6.97. The van der Waals surface area contributed by atoms with Gasteiger partial charge in [0, 0.05) is 31.6 Å². The lowest BCUT2D eigenvalue weighted by molar-refractivity contribution is -0.150. The van der Waals surface area contributed by atoms with Gasteiger partial charge in [0.2, 0.25) is 0 Å². The summed E-state index contributed by atoms with van der Waals surface area (Å²) in [6, 6.07) is -0.268. The molecule has 22 heavy (non-hydrogen) atoms. The van der Waals surface area contributed by atoms with E-state index < -0.39 is 0 Å². The molecule has 122 valence electrons. The van der Waals surface area contributed by atoms with Crippen LogP contribution in [-0.4, -0.2) is 48.9 Å². The van der Waals surface area contributed by atoms with Crippen LogP contribution in [0.3, 0.4) is 0 Å². The minimum absolute atomic E-state index is 0.119. The lowest BCUT2D eigenvalue weighted by Crippen LogP contribution is -2.30. The second kappa shape index (κ2) is 10.5. The molecule has 4 unspecified atom stereocenters. The highest BCUT2D eigenvalue weighted by molar-refractivity contribution is 7.99. The predicted octanol–water partition coefficient (Wildman–Crippen LogP) is 3.21. The van der Waals surface area contributed by atoms with Crippen LogP contribution in [0.25, 0.3) is 9.69 Å². The second-order valence-electron chi connectivity index (χ2n) is 5.56. The summed E-state index contributed by atoms with van der Waals surface area (Å²) in [5, 5.41) is 0.445. The molecule has 4 atom stereocenters. The van der Waals surface area contributed by atoms with Crippen molar-refractivity contribution in [1.82, 2.24) is 0 Å². The topological polar surface area (TPSA) is 44.2 Å². The Morgan fingerprint density at radius 2 is 2.05 bits per heavy atom. The number of hydrogen-bond acceptors (Lipinski definition) is 4. The Kier molecular flexibility index (Phi) is 8.96. The van der Waals surface area contributed by atoms with Crippen molar-refractivity contribution in [3.05, 3.63) is 22.8 Å². The largest absolute Gasteiger partial charge is 0.460 e. The van der Waals surface area contributed by atoms with Crippen LogP contribution in [-0.2, 0) is 14.3 Å². The summed E-state index contributed by atoms with van der Waals surface area (Å²) in [6.45, 7) is 16.5. The van der Waals surface area contributed by atoms with Crippen LogP contribution in [0.15, 0.2) is 0 Å². The number of methoxy groups -OCH3 is 1. The van der Waals surface area contributed by atoms with E-state index in [9.17, 15) is 4.79 Å². The summed E-state index contributed by atoms with van der Waals surface area (Å²) in [5.74, 6) is 0.715. The van der Waals surface area contributed by atoms with Crippen molar-refractivity contribution in [3.8, 4) is 0 Å². The first-order valence-corrected chi connectivity index (χ1v) is 8.68. The average molecular weight is 324 g/mol. The molecule has 0 saturated heterocycles. The van der Waals surface area contributed by atoms with Gasteiger partial charge in [0.05, 0.1) is 6.61 Å². The SMILES string of the molecule is [C-]#[N+]C1CCC(SCCCC(=O)OC(C)COC)CC1[N+]#[C-]. The van der Waals surface area contributed by atoms with Crippen LogP contribution in [0.2, 0.25) is 0 Å². The lowest BCUT2D eigenvalue weighted by Gasteiger charge is -2.23. The number of nitrogens with zero attached hydrogens (tertiary/aromatic N) is 2. The van der Waals surface area contributed by atoms with Crippen LogP contribution in [0.5, 0.6) is 0 Å². The standard InChI is InChI=1S/C16H24N2O3S/c1-12(11-20-4)21-16(19)6-5-9-22-13-7-8-14(17-2)15(10-13)18-3/h12-15H,5-11H2,1,4H3. The third-order valence-corrected chi connectivity index (χ3v) is 5.10. The van der Waals surface area contributed by atoms with Gasteiger partial charge in [-0.15, -0.1) is 0 Å². The predicted molar refractivity (Wildman–Crippen MR) is 87.5 cm³/mol. The molecular weight excluding hydrogens is 300 g/mol. The molecule has 1 rings (SSSR count). The molecule has 1 fully saturated rings. The van der Waals surface area contributed by atoms with E-state index in [0.717, 1.165) is 31.4 Å². The summed E-state index contributed by atoms with van der Waals surface area (Å²) in [4.78, 5) is 18.7. The molecule has 1 aliphatic rings. The molecule has 0 spiro atoms. The normalized spacial score (nSPS) is 25.7. The Morgan fingerprint density at radius 3 is 2.68 bits per heavy atom. The van der Waals surface area contributed by atoms with Gasteiger partial charge < -0.3 is 19.2 Å². The Morgan fingerprint density at radius 1 is 1.32 bits per heavy atom. The van der Waals surface area contributed by atoms with E-state index in [2.05, 4.69) is 9.69 Å². The van der Waals surface area contributed by atoms with E-state index in [0.29, 0.717) is 18.3 Å². The van der Waals surface area contributed by atoms with Gasteiger partial charge in [-0.25, -0.2) is 13.1 Å². The zero-order valence-corrected chi connectivity index (χ0v) is 14.1. The third-order valence-electron chi connectivity index (χ3n) is 3.68. The number of carbonyl (C=O) groups excluding carboxylic acids is 1. The van der Waals surface area contributed by atoms with E-state index in [1.807, 2.05) is 18.7 Å². The molecule has 0 aromatic carbocycles. The minimum Gasteiger partial charge on any atom is -0.460 e. The van der Waals surface area contributed by atoms with Crippen molar-refractivity contribution in [2.45, 2.75) is 62.5 Å². The molecule has 0 amide bonds. The van der Waals surface area contributed by atoms with Crippen molar-refractivity contribution >= 4 is 17.7 Å². The zero-order chi connectivity index (χ0) is 16.4. The van der Waals surface area contributed by atoms with E-state index in [1.165, 1.54) is 0 Å². The van der Waals surface area contributed by atoms with Crippen LogP contribution in [0.1, 0.15) is 39.0 Å². The minimum atomic E-state index is -0.200. The van der Waals surface area contributed by atoms with Gasteiger partial charge in [-0.1, -0.05) is 0 Å². The highest BCUT2D eigenvalue weighted by Gasteiger charge is 2.39. The molecular formula is C16H24N2O3S. The molecule has 0 aromatic heterocycles. The van der Waals surface area contributed by atoms with Gasteiger partial charge in [0.25, 0.3) is 12.1 Å². The summed E-state index contributed by atoms with van der Waals surface area (Å²) in [5.41, 5.74) is 0. The smallest absolute Gasteiger partial charge is 0.306 e. The summed E-state index contributed by atoms with van der Waals surface area (Å²) in [6.07, 6.45) is 3.63. The summed E-state index contributed by atoms with van der Waals surface area (Å²) in [7, 11) is 1.58. The monoisotopic (exact) mass is 324 g/mol. The molecule has 0 aliphatic heterocycles. The van der Waals surface area contributed by atoms with Gasteiger partial charge in [-0.05, 0) is 25.5 Å². The van der Waals surface area contributed by atoms with Crippen molar-refractivity contribution in [3.63, 3.8) is 0 Å². The van der Waals surface area contributed by atoms with Crippen molar-refractivity contribution < 1.29 is 14.3 Å². The van der Waals surface area contributed by atoms with Crippen LogP contribution >= 0.6 is 11.8 Å². The lowest BCUT2D eigenvalue weighted by atomic mass is 9.91. The van der Waals surface area contributed by atoms with Crippen molar-refractivity contribution in [2.24, 2.45) is 0 Å². The number of rotatable bonds is 8. The van der Waals surface area contributed by atoms with Crippen molar-refractivity contribution in [1.29, 1.82) is 0 Å². The van der Waals surface area contributed by atoms with Crippen molar-refractivity contribution in [2.75, 3.05) is 19.5 Å². The Bertz CT molecular complexity index is 430. The van der Waals surface area contributed by atoms with Gasteiger partial charge in [-0.3, -0.25) is 4.79 Å². The van der Waals surface area contributed by atoms with E-state index in [4.69, 9.17) is 22.6 Å². The Balaban J connectivity index is 2.16. The van der Waals surface area contributed by atoms with Crippen LogP contribution in [0.4, 0.5) is 0 Å². The quantitative estimate of drug-likeness (QED) is 0.391. The molecule has 0 bridgehead atoms. The number of esters is 1. The van der Waals surface area contributed by atoms with Gasteiger partial charge >= 0.3 is 5.97 Å². The molecule has 1 saturated carbocycles. The number of hydrogen-bond donors (Lipinski definition) is 0. The molecule has 0 radical (unpaired) electrons. The van der Waals surface area contributed by atoms with E-state index in [1.54, 1.807) is 7.11 Å². The zero-order valence-electron chi connectivity index (χ0n) is 13.3. The first-order chi connectivity index (χ1) is 10.6. The van der Waals surface area contributed by atoms with Gasteiger partial charge in [0.1, 0.15) is 6.10 Å². The fourth-order valence-electron chi connectivity index (χ4n) is 2.55. The molecule has 0 aromatic rings. The highest BCUT2D eigenvalue weighted by Crippen LogP contribution is 2.32. The fraction of sp³-hybridized carbons (Fsp3) is 0.812. The molecule has 1 aliphatic carbocycles. The Hall–Kier alpha value is -1.24.